The van der Waals surface area contributed by atoms with Gasteiger partial charge in [-0.05, 0) is 38.5 Å². The molecule has 0 aliphatic carbocycles. The molecular formula is C16H22O6. The molecule has 1 aromatic carbocycles. The van der Waals surface area contributed by atoms with Crippen molar-refractivity contribution < 1.29 is 29.6 Å². The summed E-state index contributed by atoms with van der Waals surface area (Å²) in [7, 11) is 1.45. The van der Waals surface area contributed by atoms with Crippen LogP contribution in [0.1, 0.15) is 25.0 Å². The minimum Gasteiger partial charge on any atom is -0.508 e. The molecule has 0 spiro atoms. The molecule has 1 aromatic rings. The molecule has 0 heterocycles. The predicted octanol–water partition coefficient (Wildman–Crippen LogP) is 1.40. The fraction of sp³-hybridized carbons (Fsp3) is 0.438. The van der Waals surface area contributed by atoms with Crippen LogP contribution in [0.2, 0.25) is 0 Å². The quantitative estimate of drug-likeness (QED) is 0.543. The summed E-state index contributed by atoms with van der Waals surface area (Å²) in [6.07, 6.45) is 1.58. The third kappa shape index (κ3) is 3.78. The van der Waals surface area contributed by atoms with E-state index in [0.29, 0.717) is 16.9 Å². The van der Waals surface area contributed by atoms with Crippen LogP contribution in [0, 0.1) is 6.92 Å². The molecule has 0 aliphatic rings. The minimum atomic E-state index is -1.92. The molecule has 0 amide bonds. The van der Waals surface area contributed by atoms with Gasteiger partial charge in [-0.2, -0.15) is 0 Å². The highest BCUT2D eigenvalue weighted by Crippen LogP contribution is 2.35. The van der Waals surface area contributed by atoms with Gasteiger partial charge >= 0.3 is 5.97 Å². The highest BCUT2D eigenvalue weighted by atomic mass is 16.5. The molecule has 0 fully saturated rings. The minimum absolute atomic E-state index is 0.0309. The number of phenols is 1. The van der Waals surface area contributed by atoms with Crippen LogP contribution >= 0.6 is 0 Å². The highest BCUT2D eigenvalue weighted by molar-refractivity contribution is 5.87. The summed E-state index contributed by atoms with van der Waals surface area (Å²) in [5.41, 5.74) is -0.838. The Bertz CT molecular complexity index is 578. The Hall–Kier alpha value is -2.05. The zero-order chi connectivity index (χ0) is 16.9. The molecular weight excluding hydrogens is 288 g/mol. The Morgan fingerprint density at radius 1 is 1.41 bits per heavy atom. The number of hydrogen-bond donors (Lipinski definition) is 3. The average molecular weight is 310 g/mol. The molecule has 0 aromatic heterocycles. The number of carbonyl (C=O) groups excluding carboxylic acids is 1. The number of esters is 1. The van der Waals surface area contributed by atoms with Gasteiger partial charge in [-0.3, -0.25) is 0 Å². The number of ether oxygens (including phenoxy) is 2. The Balaban J connectivity index is 3.10. The van der Waals surface area contributed by atoms with Gasteiger partial charge in [0.15, 0.2) is 5.60 Å². The van der Waals surface area contributed by atoms with Gasteiger partial charge in [0, 0.05) is 11.1 Å². The summed E-state index contributed by atoms with van der Waals surface area (Å²) in [6.45, 7) is 3.77. The van der Waals surface area contributed by atoms with Crippen LogP contribution in [0.3, 0.4) is 0 Å². The van der Waals surface area contributed by atoms with Crippen molar-refractivity contribution >= 4 is 5.97 Å². The maximum atomic E-state index is 11.7. The Kier molecular flexibility index (Phi) is 5.96. The lowest BCUT2D eigenvalue weighted by Crippen LogP contribution is -2.37. The molecule has 0 aliphatic heterocycles. The van der Waals surface area contributed by atoms with E-state index < -0.39 is 24.8 Å². The first kappa shape index (κ1) is 18.0. The van der Waals surface area contributed by atoms with E-state index in [-0.39, 0.29) is 11.3 Å². The molecule has 1 atom stereocenters. The lowest BCUT2D eigenvalue weighted by Gasteiger charge is -2.27. The van der Waals surface area contributed by atoms with Crippen molar-refractivity contribution in [1.29, 1.82) is 0 Å². The first-order chi connectivity index (χ1) is 10.3. The number of aliphatic hydroxyl groups excluding tert-OH is 1. The summed E-state index contributed by atoms with van der Waals surface area (Å²) < 4.78 is 10.1. The van der Waals surface area contributed by atoms with Crippen molar-refractivity contribution in [1.82, 2.24) is 0 Å². The second kappa shape index (κ2) is 7.29. The van der Waals surface area contributed by atoms with Crippen LogP contribution in [0.5, 0.6) is 11.5 Å². The SMILES string of the molecule is C/C=C(\C)C(=O)OC[C@](O)(CO)c1cc(OC)c(C)cc1O. The standard InChI is InChI=1S/C16H22O6/c1-5-10(2)15(19)22-9-16(20,8-17)12-7-14(21-4)11(3)6-13(12)18/h5-7,17-18,20H,8-9H2,1-4H3/b10-5+/t16-/m1/s1. The van der Waals surface area contributed by atoms with Crippen molar-refractivity contribution in [2.75, 3.05) is 20.3 Å². The Morgan fingerprint density at radius 3 is 2.55 bits per heavy atom. The maximum absolute atomic E-state index is 11.7. The van der Waals surface area contributed by atoms with Crippen LogP contribution in [-0.2, 0) is 15.1 Å². The molecule has 0 bridgehead atoms. The zero-order valence-corrected chi connectivity index (χ0v) is 13.2. The van der Waals surface area contributed by atoms with E-state index in [4.69, 9.17) is 9.47 Å². The van der Waals surface area contributed by atoms with Crippen molar-refractivity contribution in [3.8, 4) is 11.5 Å². The molecule has 0 radical (unpaired) electrons. The summed E-state index contributed by atoms with van der Waals surface area (Å²) in [6, 6.07) is 2.82. The van der Waals surface area contributed by atoms with E-state index >= 15 is 0 Å². The number of phenolic OH excluding ortho intramolecular Hbond substituents is 1. The highest BCUT2D eigenvalue weighted by Gasteiger charge is 2.34. The maximum Gasteiger partial charge on any atom is 0.333 e. The molecule has 3 N–H and O–H groups in total. The molecule has 0 saturated carbocycles. The fourth-order valence-electron chi connectivity index (χ4n) is 1.89. The number of aromatic hydroxyl groups is 1. The summed E-state index contributed by atoms with van der Waals surface area (Å²) >= 11 is 0. The molecule has 122 valence electrons. The number of rotatable bonds is 6. The summed E-state index contributed by atoms with van der Waals surface area (Å²) in [5, 5.41) is 30.0. The summed E-state index contributed by atoms with van der Waals surface area (Å²) in [5.74, 6) is -0.378. The second-order valence-corrected chi connectivity index (χ2v) is 5.08. The lowest BCUT2D eigenvalue weighted by atomic mass is 9.93. The van der Waals surface area contributed by atoms with Crippen LogP contribution in [0.25, 0.3) is 0 Å². The van der Waals surface area contributed by atoms with Gasteiger partial charge in [0.25, 0.3) is 0 Å². The predicted molar refractivity (Wildman–Crippen MR) is 80.8 cm³/mol. The molecule has 6 heteroatoms. The molecule has 0 unspecified atom stereocenters. The van der Waals surface area contributed by atoms with Gasteiger partial charge in [0.05, 0.1) is 13.7 Å². The second-order valence-electron chi connectivity index (χ2n) is 5.08. The first-order valence-electron chi connectivity index (χ1n) is 6.80. The number of carbonyl (C=O) groups is 1. The van der Waals surface area contributed by atoms with Gasteiger partial charge < -0.3 is 24.8 Å². The van der Waals surface area contributed by atoms with E-state index in [9.17, 15) is 20.1 Å². The van der Waals surface area contributed by atoms with Crippen molar-refractivity contribution in [3.63, 3.8) is 0 Å². The smallest absolute Gasteiger partial charge is 0.333 e. The number of benzene rings is 1. The molecule has 1 rings (SSSR count). The number of aryl methyl sites for hydroxylation is 1. The lowest BCUT2D eigenvalue weighted by molar-refractivity contribution is -0.150. The van der Waals surface area contributed by atoms with E-state index in [1.807, 2.05) is 0 Å². The summed E-state index contributed by atoms with van der Waals surface area (Å²) in [4.78, 5) is 11.7. The van der Waals surface area contributed by atoms with E-state index in [1.54, 1.807) is 26.8 Å². The number of hydrogen-bond acceptors (Lipinski definition) is 6. The van der Waals surface area contributed by atoms with Crippen molar-refractivity contribution in [2.45, 2.75) is 26.4 Å². The average Bonchev–Trinajstić information content (AvgIpc) is 2.51. The molecule has 0 saturated heterocycles. The fourth-order valence-corrected chi connectivity index (χ4v) is 1.89. The van der Waals surface area contributed by atoms with Crippen LogP contribution in [-0.4, -0.2) is 41.6 Å². The third-order valence-corrected chi connectivity index (χ3v) is 3.47. The van der Waals surface area contributed by atoms with Gasteiger partial charge in [0.2, 0.25) is 0 Å². The third-order valence-electron chi connectivity index (χ3n) is 3.47. The van der Waals surface area contributed by atoms with E-state index in [1.165, 1.54) is 19.2 Å². The van der Waals surface area contributed by atoms with Gasteiger partial charge in [-0.25, -0.2) is 4.79 Å². The topological polar surface area (TPSA) is 96.2 Å². The number of allylic oxidation sites excluding steroid dienone is 1. The largest absolute Gasteiger partial charge is 0.508 e. The molecule has 6 nitrogen and oxygen atoms in total. The monoisotopic (exact) mass is 310 g/mol. The number of methoxy groups -OCH3 is 1. The Labute approximate surface area is 129 Å². The van der Waals surface area contributed by atoms with E-state index in [2.05, 4.69) is 0 Å². The van der Waals surface area contributed by atoms with Crippen LogP contribution in [0.15, 0.2) is 23.8 Å². The van der Waals surface area contributed by atoms with E-state index in [0.717, 1.165) is 0 Å². The van der Waals surface area contributed by atoms with Crippen molar-refractivity contribution in [3.05, 3.63) is 34.9 Å². The Morgan fingerprint density at radius 2 is 2.05 bits per heavy atom. The normalized spacial score (nSPS) is 14.4. The number of aliphatic hydroxyl groups is 2. The van der Waals surface area contributed by atoms with Gasteiger partial charge in [-0.1, -0.05) is 6.08 Å². The first-order valence-corrected chi connectivity index (χ1v) is 6.80. The van der Waals surface area contributed by atoms with Gasteiger partial charge in [0.1, 0.15) is 18.1 Å². The van der Waals surface area contributed by atoms with Gasteiger partial charge in [-0.15, -0.1) is 0 Å². The van der Waals surface area contributed by atoms with Crippen LogP contribution < -0.4 is 4.74 Å². The zero-order valence-electron chi connectivity index (χ0n) is 13.2. The van der Waals surface area contributed by atoms with Crippen LogP contribution in [0.4, 0.5) is 0 Å². The molecule has 22 heavy (non-hydrogen) atoms. The van der Waals surface area contributed by atoms with Crippen molar-refractivity contribution in [2.24, 2.45) is 0 Å².